The van der Waals surface area contributed by atoms with Crippen molar-refractivity contribution in [3.8, 4) is 11.5 Å². The molecule has 1 heterocycles. The van der Waals surface area contributed by atoms with Crippen molar-refractivity contribution in [2.45, 2.75) is 13.3 Å². The molecule has 0 saturated carbocycles. The quantitative estimate of drug-likeness (QED) is 0.522. The van der Waals surface area contributed by atoms with Crippen LogP contribution in [0.1, 0.15) is 23.7 Å². The minimum absolute atomic E-state index is 0. The van der Waals surface area contributed by atoms with Crippen LogP contribution in [0.2, 0.25) is 0 Å². The van der Waals surface area contributed by atoms with Crippen molar-refractivity contribution in [2.75, 3.05) is 51.5 Å². The highest BCUT2D eigenvalue weighted by molar-refractivity contribution is 5.94. The molecule has 0 unspecified atom stereocenters. The Bertz CT molecular complexity index is 1050. The summed E-state index contributed by atoms with van der Waals surface area (Å²) in [6, 6.07) is 12.9. The van der Waals surface area contributed by atoms with E-state index in [9.17, 15) is 4.79 Å². The Morgan fingerprint density at radius 3 is 2.31 bits per heavy atom. The van der Waals surface area contributed by atoms with E-state index in [0.717, 1.165) is 6.42 Å². The molecule has 2 aromatic carbocycles. The summed E-state index contributed by atoms with van der Waals surface area (Å²) in [7, 11) is 4.98. The van der Waals surface area contributed by atoms with E-state index in [-0.39, 0.29) is 18.3 Å². The summed E-state index contributed by atoms with van der Waals surface area (Å²) < 4.78 is 10.7. The van der Waals surface area contributed by atoms with E-state index in [4.69, 9.17) is 20.2 Å². The van der Waals surface area contributed by atoms with E-state index < -0.39 is 0 Å². The van der Waals surface area contributed by atoms with Crippen LogP contribution < -0.4 is 20.1 Å². The molecular formula is C23H30ClN5O3. The van der Waals surface area contributed by atoms with Gasteiger partial charge in [0.2, 0.25) is 5.95 Å². The number of fused-ring (bicyclic) bond motifs is 1. The molecule has 172 valence electrons. The number of halogens is 1. The Kier molecular flexibility index (Phi) is 8.90. The lowest BCUT2D eigenvalue weighted by atomic mass is 10.2. The van der Waals surface area contributed by atoms with Gasteiger partial charge in [-0.15, -0.1) is 12.4 Å². The summed E-state index contributed by atoms with van der Waals surface area (Å²) in [4.78, 5) is 25.5. The first kappa shape index (κ1) is 25.0. The molecule has 3 rings (SSSR count). The lowest BCUT2D eigenvalue weighted by molar-refractivity contribution is 0.0794. The maximum atomic E-state index is 12.5. The predicted molar refractivity (Wildman–Crippen MR) is 130 cm³/mol. The number of nitrogens with zero attached hydrogens (tertiary/aromatic N) is 4. The van der Waals surface area contributed by atoms with E-state index in [1.165, 1.54) is 0 Å². The average molecular weight is 460 g/mol. The van der Waals surface area contributed by atoms with Crippen LogP contribution in [0.3, 0.4) is 0 Å². The zero-order valence-electron chi connectivity index (χ0n) is 18.9. The van der Waals surface area contributed by atoms with E-state index in [1.807, 2.05) is 49.2 Å². The number of aromatic nitrogens is 2. The number of carbonyl (C=O) groups excluding carboxylic acids is 1. The molecule has 0 bridgehead atoms. The largest absolute Gasteiger partial charge is 0.493 e. The zero-order valence-corrected chi connectivity index (χ0v) is 19.7. The Balaban J connectivity index is 0.00000363. The van der Waals surface area contributed by atoms with Crippen molar-refractivity contribution in [1.82, 2.24) is 14.9 Å². The minimum Gasteiger partial charge on any atom is -0.493 e. The van der Waals surface area contributed by atoms with Gasteiger partial charge in [-0.3, -0.25) is 4.79 Å². The normalized spacial score (nSPS) is 10.4. The van der Waals surface area contributed by atoms with Crippen LogP contribution in [0.4, 0.5) is 11.8 Å². The van der Waals surface area contributed by atoms with Gasteiger partial charge in [-0.1, -0.05) is 18.2 Å². The summed E-state index contributed by atoms with van der Waals surface area (Å²) in [6.07, 6.45) is 0.774. The highest BCUT2D eigenvalue weighted by Crippen LogP contribution is 2.34. The number of carbonyl (C=O) groups is 1. The first-order valence-corrected chi connectivity index (χ1v) is 10.2. The van der Waals surface area contributed by atoms with Crippen LogP contribution >= 0.6 is 12.4 Å². The number of hydrogen-bond donors (Lipinski definition) is 1. The van der Waals surface area contributed by atoms with Crippen LogP contribution in [0.5, 0.6) is 11.5 Å². The van der Waals surface area contributed by atoms with Crippen LogP contribution in [0.15, 0.2) is 42.5 Å². The third-order valence-corrected chi connectivity index (χ3v) is 5.17. The monoisotopic (exact) mass is 459 g/mol. The molecule has 0 atom stereocenters. The predicted octanol–water partition coefficient (Wildman–Crippen LogP) is 3.64. The van der Waals surface area contributed by atoms with Crippen molar-refractivity contribution in [3.63, 3.8) is 0 Å². The number of rotatable bonds is 9. The van der Waals surface area contributed by atoms with Gasteiger partial charge in [0.15, 0.2) is 11.5 Å². The molecule has 3 aromatic rings. The molecule has 1 amide bonds. The molecule has 0 saturated heterocycles. The number of amides is 1. The Labute approximate surface area is 194 Å². The molecule has 9 heteroatoms. The van der Waals surface area contributed by atoms with Gasteiger partial charge in [-0.2, -0.15) is 4.98 Å². The van der Waals surface area contributed by atoms with Gasteiger partial charge < -0.3 is 25.0 Å². The van der Waals surface area contributed by atoms with Crippen LogP contribution in [0, 0.1) is 0 Å². The molecule has 8 nitrogen and oxygen atoms in total. The fourth-order valence-electron chi connectivity index (χ4n) is 3.41. The summed E-state index contributed by atoms with van der Waals surface area (Å²) in [5.41, 5.74) is 7.60. The molecule has 32 heavy (non-hydrogen) atoms. The number of anilines is 2. The van der Waals surface area contributed by atoms with Gasteiger partial charge in [-0.25, -0.2) is 4.98 Å². The SMILES string of the molecule is CCN(CCCN(C)C(=O)c1ccccc1)c1nc(N)c2cc(OC)c(OC)cc2n1.Cl. The lowest BCUT2D eigenvalue weighted by Crippen LogP contribution is -2.32. The second-order valence-electron chi connectivity index (χ2n) is 7.16. The summed E-state index contributed by atoms with van der Waals surface area (Å²) >= 11 is 0. The highest BCUT2D eigenvalue weighted by atomic mass is 35.5. The van der Waals surface area contributed by atoms with Crippen molar-refractivity contribution >= 4 is 41.0 Å². The number of nitrogen functional groups attached to an aromatic ring is 1. The first-order valence-electron chi connectivity index (χ1n) is 10.2. The lowest BCUT2D eigenvalue weighted by Gasteiger charge is -2.23. The fourth-order valence-corrected chi connectivity index (χ4v) is 3.41. The molecule has 0 aliphatic carbocycles. The molecule has 0 aliphatic rings. The molecule has 0 fully saturated rings. The zero-order chi connectivity index (χ0) is 22.4. The summed E-state index contributed by atoms with van der Waals surface area (Å²) in [5.74, 6) is 2.11. The number of ether oxygens (including phenoxy) is 2. The summed E-state index contributed by atoms with van der Waals surface area (Å²) in [6.45, 7) is 4.07. The molecule has 2 N–H and O–H groups in total. The topological polar surface area (TPSA) is 93.8 Å². The van der Waals surface area contributed by atoms with Crippen molar-refractivity contribution in [1.29, 1.82) is 0 Å². The Morgan fingerprint density at radius 2 is 1.69 bits per heavy atom. The number of benzene rings is 2. The smallest absolute Gasteiger partial charge is 0.253 e. The van der Waals surface area contributed by atoms with Crippen LogP contribution in [-0.2, 0) is 0 Å². The van der Waals surface area contributed by atoms with Crippen molar-refractivity contribution in [2.24, 2.45) is 0 Å². The van der Waals surface area contributed by atoms with Crippen LogP contribution in [-0.4, -0.2) is 61.7 Å². The molecule has 0 aliphatic heterocycles. The fraction of sp³-hybridized carbons (Fsp3) is 0.348. The van der Waals surface area contributed by atoms with Gasteiger partial charge >= 0.3 is 0 Å². The van der Waals surface area contributed by atoms with Gasteiger partial charge in [0.1, 0.15) is 5.82 Å². The standard InChI is InChI=1S/C23H29N5O3.ClH/c1-5-28(13-9-12-27(2)22(29)16-10-7-6-8-11-16)23-25-18-15-20(31-4)19(30-3)14-17(18)21(24)26-23;/h6-8,10-11,14-15H,5,9,12-13H2,1-4H3,(H2,24,25,26);1H. The third kappa shape index (κ3) is 5.50. The maximum absolute atomic E-state index is 12.5. The van der Waals surface area contributed by atoms with E-state index >= 15 is 0 Å². The average Bonchev–Trinajstić information content (AvgIpc) is 2.80. The molecular weight excluding hydrogens is 430 g/mol. The number of methoxy groups -OCH3 is 2. The van der Waals surface area contributed by atoms with E-state index in [1.54, 1.807) is 31.3 Å². The second-order valence-corrected chi connectivity index (χ2v) is 7.16. The molecule has 1 aromatic heterocycles. The second kappa shape index (κ2) is 11.4. The number of hydrogen-bond acceptors (Lipinski definition) is 7. The van der Waals surface area contributed by atoms with Gasteiger partial charge in [0, 0.05) is 43.7 Å². The third-order valence-electron chi connectivity index (χ3n) is 5.17. The van der Waals surface area contributed by atoms with E-state index in [0.29, 0.717) is 59.4 Å². The minimum atomic E-state index is 0. The van der Waals surface area contributed by atoms with E-state index in [2.05, 4.69) is 4.98 Å². The van der Waals surface area contributed by atoms with Crippen molar-refractivity contribution < 1.29 is 14.3 Å². The van der Waals surface area contributed by atoms with Gasteiger partial charge in [-0.05, 0) is 31.5 Å². The highest BCUT2D eigenvalue weighted by Gasteiger charge is 2.16. The van der Waals surface area contributed by atoms with Crippen molar-refractivity contribution in [3.05, 3.63) is 48.0 Å². The van der Waals surface area contributed by atoms with Crippen LogP contribution in [0.25, 0.3) is 10.9 Å². The molecule has 0 radical (unpaired) electrons. The van der Waals surface area contributed by atoms with Gasteiger partial charge in [0.25, 0.3) is 5.91 Å². The Morgan fingerprint density at radius 1 is 1.03 bits per heavy atom. The first-order chi connectivity index (χ1) is 15.0. The summed E-state index contributed by atoms with van der Waals surface area (Å²) in [5, 5.41) is 0.714. The van der Waals surface area contributed by atoms with Gasteiger partial charge in [0.05, 0.1) is 19.7 Å². The molecule has 0 spiro atoms. The Hall–Kier alpha value is -3.26. The number of nitrogens with two attached hydrogens (primary N) is 1. The maximum Gasteiger partial charge on any atom is 0.253 e.